The van der Waals surface area contributed by atoms with Crippen molar-refractivity contribution in [2.24, 2.45) is 0 Å². The van der Waals surface area contributed by atoms with Gasteiger partial charge in [0.1, 0.15) is 5.69 Å². The van der Waals surface area contributed by atoms with Crippen molar-refractivity contribution < 1.29 is 13.2 Å². The number of hydrogen-bond donors (Lipinski definition) is 0. The first-order chi connectivity index (χ1) is 13.3. The van der Waals surface area contributed by atoms with E-state index in [1.54, 1.807) is 4.57 Å². The molecule has 7 heteroatoms. The zero-order valence-corrected chi connectivity index (χ0v) is 15.8. The van der Waals surface area contributed by atoms with Crippen LogP contribution in [0.3, 0.4) is 0 Å². The first-order valence-electron chi connectivity index (χ1n) is 9.05. The van der Waals surface area contributed by atoms with Gasteiger partial charge in [-0.2, -0.15) is 13.2 Å². The van der Waals surface area contributed by atoms with Gasteiger partial charge in [-0.3, -0.25) is 4.79 Å². The maximum atomic E-state index is 13.1. The molecule has 0 aliphatic rings. The largest absolute Gasteiger partial charge is 0.416 e. The minimum atomic E-state index is -4.46. The summed E-state index contributed by atoms with van der Waals surface area (Å²) in [6.07, 6.45) is -3.47. The summed E-state index contributed by atoms with van der Waals surface area (Å²) >= 11 is 0. The van der Waals surface area contributed by atoms with Crippen LogP contribution >= 0.6 is 0 Å². The minimum Gasteiger partial charge on any atom is -0.309 e. The Kier molecular flexibility index (Phi) is 5.84. The van der Waals surface area contributed by atoms with Gasteiger partial charge in [0.2, 0.25) is 0 Å². The third kappa shape index (κ3) is 4.59. The summed E-state index contributed by atoms with van der Waals surface area (Å²) in [7, 11) is 3.87. The number of aryl methyl sites for hydroxylation is 1. The SMILES string of the molecule is CN(C)CCCn1c(=O)c(Cc2ccccc2)nc2cc(C(F)(F)F)ccc21. The average molecular weight is 389 g/mol. The summed E-state index contributed by atoms with van der Waals surface area (Å²) < 4.78 is 40.9. The van der Waals surface area contributed by atoms with Crippen LogP contribution in [0.4, 0.5) is 13.2 Å². The van der Waals surface area contributed by atoms with Gasteiger partial charge < -0.3 is 9.47 Å². The molecule has 0 spiro atoms. The van der Waals surface area contributed by atoms with E-state index in [1.807, 2.05) is 49.3 Å². The molecule has 3 aromatic rings. The summed E-state index contributed by atoms with van der Waals surface area (Å²) in [5, 5.41) is 0. The fraction of sp³-hybridized carbons (Fsp3) is 0.333. The molecule has 0 radical (unpaired) electrons. The van der Waals surface area contributed by atoms with E-state index in [4.69, 9.17) is 0 Å². The zero-order valence-electron chi connectivity index (χ0n) is 15.8. The van der Waals surface area contributed by atoms with E-state index >= 15 is 0 Å². The fourth-order valence-corrected chi connectivity index (χ4v) is 3.15. The average Bonchev–Trinajstić information content (AvgIpc) is 2.64. The van der Waals surface area contributed by atoms with E-state index in [9.17, 15) is 18.0 Å². The lowest BCUT2D eigenvalue weighted by Gasteiger charge is -2.15. The quantitative estimate of drug-likeness (QED) is 0.641. The third-order valence-electron chi connectivity index (χ3n) is 4.54. The topological polar surface area (TPSA) is 38.1 Å². The Morgan fingerprint density at radius 2 is 1.79 bits per heavy atom. The molecule has 0 unspecified atom stereocenters. The van der Waals surface area contributed by atoms with E-state index in [-0.39, 0.29) is 23.2 Å². The Labute approximate surface area is 161 Å². The molecule has 0 bridgehead atoms. The number of alkyl halides is 3. The van der Waals surface area contributed by atoms with Crippen LogP contribution in [0.5, 0.6) is 0 Å². The number of fused-ring (bicyclic) bond motifs is 1. The molecule has 3 rings (SSSR count). The molecule has 0 aliphatic heterocycles. The standard InChI is InChI=1S/C21H22F3N3O/c1-26(2)11-6-12-27-19-10-9-16(21(22,23)24)14-17(19)25-18(20(27)28)13-15-7-4-3-5-8-15/h3-5,7-10,14H,6,11-13H2,1-2H3. The Morgan fingerprint density at radius 1 is 1.07 bits per heavy atom. The van der Waals surface area contributed by atoms with Crippen molar-refractivity contribution in [2.75, 3.05) is 20.6 Å². The van der Waals surface area contributed by atoms with Gasteiger partial charge >= 0.3 is 6.18 Å². The van der Waals surface area contributed by atoms with Gasteiger partial charge in [-0.15, -0.1) is 0 Å². The Balaban J connectivity index is 2.10. The van der Waals surface area contributed by atoms with Crippen LogP contribution in [-0.2, 0) is 19.1 Å². The third-order valence-corrected chi connectivity index (χ3v) is 4.54. The number of rotatable bonds is 6. The molecule has 4 nitrogen and oxygen atoms in total. The fourth-order valence-electron chi connectivity index (χ4n) is 3.15. The molecule has 0 saturated heterocycles. The molecule has 2 aromatic carbocycles. The molecule has 0 atom stereocenters. The lowest BCUT2D eigenvalue weighted by Crippen LogP contribution is -2.27. The molecule has 0 amide bonds. The first-order valence-corrected chi connectivity index (χ1v) is 9.05. The number of halogens is 3. The lowest BCUT2D eigenvalue weighted by atomic mass is 10.1. The van der Waals surface area contributed by atoms with Crippen molar-refractivity contribution in [1.82, 2.24) is 14.5 Å². The van der Waals surface area contributed by atoms with Gasteiger partial charge in [0.25, 0.3) is 5.56 Å². The van der Waals surface area contributed by atoms with Crippen LogP contribution in [0.1, 0.15) is 23.2 Å². The van der Waals surface area contributed by atoms with Crippen LogP contribution < -0.4 is 5.56 Å². The Bertz CT molecular complexity index is 1010. The van der Waals surface area contributed by atoms with Crippen LogP contribution in [0, 0.1) is 0 Å². The second-order valence-corrected chi connectivity index (χ2v) is 7.04. The second kappa shape index (κ2) is 8.14. The van der Waals surface area contributed by atoms with E-state index in [0.29, 0.717) is 18.5 Å². The molecule has 28 heavy (non-hydrogen) atoms. The normalized spacial score (nSPS) is 12.1. The highest BCUT2D eigenvalue weighted by atomic mass is 19.4. The van der Waals surface area contributed by atoms with Gasteiger partial charge in [0.15, 0.2) is 0 Å². The highest BCUT2D eigenvalue weighted by molar-refractivity contribution is 5.76. The van der Waals surface area contributed by atoms with Gasteiger partial charge in [-0.25, -0.2) is 4.98 Å². The number of benzene rings is 2. The summed E-state index contributed by atoms with van der Waals surface area (Å²) in [5.74, 6) is 0. The van der Waals surface area contributed by atoms with Crippen molar-refractivity contribution in [3.8, 4) is 0 Å². The molecule has 0 N–H and O–H groups in total. The highest BCUT2D eigenvalue weighted by Gasteiger charge is 2.31. The maximum absolute atomic E-state index is 13.1. The zero-order chi connectivity index (χ0) is 20.3. The van der Waals surface area contributed by atoms with Crippen molar-refractivity contribution in [2.45, 2.75) is 25.6 Å². The van der Waals surface area contributed by atoms with Crippen LogP contribution in [0.25, 0.3) is 11.0 Å². The Hall–Kier alpha value is -2.67. The van der Waals surface area contributed by atoms with Crippen molar-refractivity contribution in [3.63, 3.8) is 0 Å². The maximum Gasteiger partial charge on any atom is 0.416 e. The van der Waals surface area contributed by atoms with Gasteiger partial charge in [0, 0.05) is 13.0 Å². The van der Waals surface area contributed by atoms with E-state index in [1.165, 1.54) is 6.07 Å². The smallest absolute Gasteiger partial charge is 0.309 e. The van der Waals surface area contributed by atoms with Crippen molar-refractivity contribution in [3.05, 3.63) is 75.7 Å². The minimum absolute atomic E-state index is 0.185. The summed E-state index contributed by atoms with van der Waals surface area (Å²) in [6.45, 7) is 1.19. The molecular weight excluding hydrogens is 367 g/mol. The number of aromatic nitrogens is 2. The Morgan fingerprint density at radius 3 is 2.43 bits per heavy atom. The van der Waals surface area contributed by atoms with E-state index < -0.39 is 11.7 Å². The van der Waals surface area contributed by atoms with Gasteiger partial charge in [0.05, 0.1) is 16.6 Å². The molecule has 0 saturated carbocycles. The van der Waals surface area contributed by atoms with Crippen LogP contribution in [0.2, 0.25) is 0 Å². The number of nitrogens with zero attached hydrogens (tertiary/aromatic N) is 3. The summed E-state index contributed by atoms with van der Waals surface area (Å²) in [4.78, 5) is 19.3. The van der Waals surface area contributed by atoms with Crippen molar-refractivity contribution in [1.29, 1.82) is 0 Å². The molecule has 1 aromatic heterocycles. The predicted molar refractivity (Wildman–Crippen MR) is 103 cm³/mol. The van der Waals surface area contributed by atoms with E-state index in [2.05, 4.69) is 4.98 Å². The molecule has 0 aliphatic carbocycles. The van der Waals surface area contributed by atoms with Crippen molar-refractivity contribution >= 4 is 11.0 Å². The summed E-state index contributed by atoms with van der Waals surface area (Å²) in [6, 6.07) is 12.7. The highest BCUT2D eigenvalue weighted by Crippen LogP contribution is 2.30. The lowest BCUT2D eigenvalue weighted by molar-refractivity contribution is -0.137. The van der Waals surface area contributed by atoms with Crippen LogP contribution in [0.15, 0.2) is 53.3 Å². The molecular formula is C21H22F3N3O. The predicted octanol–water partition coefficient (Wildman–Crippen LogP) is 3.96. The first kappa shape index (κ1) is 20.1. The van der Waals surface area contributed by atoms with Gasteiger partial charge in [-0.05, 0) is 50.8 Å². The van der Waals surface area contributed by atoms with E-state index in [0.717, 1.165) is 24.2 Å². The molecule has 148 valence electrons. The van der Waals surface area contributed by atoms with Gasteiger partial charge in [-0.1, -0.05) is 30.3 Å². The summed E-state index contributed by atoms with van der Waals surface area (Å²) in [5.41, 5.74) is 0.728. The van der Waals surface area contributed by atoms with Crippen LogP contribution in [-0.4, -0.2) is 35.1 Å². The molecule has 1 heterocycles. The second-order valence-electron chi connectivity index (χ2n) is 7.04. The number of hydrogen-bond acceptors (Lipinski definition) is 3. The molecule has 0 fully saturated rings. The monoisotopic (exact) mass is 389 g/mol.